The van der Waals surface area contributed by atoms with Crippen molar-refractivity contribution in [2.24, 2.45) is 5.92 Å². The van der Waals surface area contributed by atoms with Crippen LogP contribution in [0.1, 0.15) is 32.1 Å². The third-order valence-electron chi connectivity index (χ3n) is 3.75. The second-order valence-corrected chi connectivity index (χ2v) is 4.58. The van der Waals surface area contributed by atoms with Crippen molar-refractivity contribution in [1.29, 1.82) is 0 Å². The lowest BCUT2D eigenvalue weighted by Gasteiger charge is -2.18. The van der Waals surface area contributed by atoms with E-state index < -0.39 is 5.60 Å². The summed E-state index contributed by atoms with van der Waals surface area (Å²) in [7, 11) is 0. The molecule has 3 heteroatoms. The first kappa shape index (κ1) is 8.48. The second-order valence-electron chi connectivity index (χ2n) is 4.58. The lowest BCUT2D eigenvalue weighted by Crippen LogP contribution is -2.36. The molecule has 1 spiro atoms. The number of amides is 1. The van der Waals surface area contributed by atoms with Gasteiger partial charge in [0, 0.05) is 6.42 Å². The Morgan fingerprint density at radius 2 is 2.50 bits per heavy atom. The zero-order chi connectivity index (χ0) is 9.60. The van der Waals surface area contributed by atoms with Crippen LogP contribution in [0.3, 0.4) is 0 Å². The molecule has 0 aromatic carbocycles. The highest BCUT2D eigenvalue weighted by atomic mass is 16.5. The summed E-state index contributed by atoms with van der Waals surface area (Å²) in [6.45, 7) is 0.402. The predicted molar refractivity (Wildman–Crippen MR) is 51.5 cm³/mol. The Morgan fingerprint density at radius 1 is 1.57 bits per heavy atom. The van der Waals surface area contributed by atoms with Crippen LogP contribution in [0.25, 0.3) is 0 Å². The molecule has 3 nitrogen and oxygen atoms in total. The highest BCUT2D eigenvalue weighted by molar-refractivity contribution is 5.87. The van der Waals surface area contributed by atoms with Crippen LogP contribution >= 0.6 is 0 Å². The zero-order valence-electron chi connectivity index (χ0n) is 8.21. The van der Waals surface area contributed by atoms with Crippen LogP contribution in [0.2, 0.25) is 0 Å². The maximum absolute atomic E-state index is 11.7. The monoisotopic (exact) mass is 193 g/mol. The fraction of sp³-hybridized carbons (Fsp3) is 0.727. The van der Waals surface area contributed by atoms with E-state index in [0.717, 1.165) is 12.8 Å². The van der Waals surface area contributed by atoms with Crippen LogP contribution < -0.4 is 5.32 Å². The van der Waals surface area contributed by atoms with Crippen LogP contribution in [-0.4, -0.2) is 18.2 Å². The third kappa shape index (κ3) is 1.05. The van der Waals surface area contributed by atoms with Gasteiger partial charge in [-0.1, -0.05) is 11.6 Å². The Balaban J connectivity index is 1.89. The summed E-state index contributed by atoms with van der Waals surface area (Å²) in [4.78, 5) is 11.7. The molecule has 3 aliphatic rings. The molecule has 2 unspecified atom stereocenters. The standard InChI is InChI=1S/C11H15NO2/c13-10-11(14-7-12-10)5-8-3-1-2-4-9(8)6-11/h3,9H,1-2,4-7H2,(H,12,13). The fourth-order valence-electron chi connectivity index (χ4n) is 3.00. The Labute approximate surface area is 83.5 Å². The molecule has 1 saturated carbocycles. The van der Waals surface area contributed by atoms with Crippen LogP contribution in [0.4, 0.5) is 0 Å². The van der Waals surface area contributed by atoms with Crippen molar-refractivity contribution in [3.63, 3.8) is 0 Å². The second kappa shape index (κ2) is 2.83. The van der Waals surface area contributed by atoms with E-state index in [1.54, 1.807) is 0 Å². The molecule has 1 heterocycles. The van der Waals surface area contributed by atoms with Crippen LogP contribution in [0.5, 0.6) is 0 Å². The zero-order valence-corrected chi connectivity index (χ0v) is 8.21. The van der Waals surface area contributed by atoms with Gasteiger partial charge in [-0.25, -0.2) is 0 Å². The smallest absolute Gasteiger partial charge is 0.254 e. The minimum Gasteiger partial charge on any atom is -0.345 e. The highest BCUT2D eigenvalue weighted by Gasteiger charge is 2.51. The third-order valence-corrected chi connectivity index (χ3v) is 3.75. The summed E-state index contributed by atoms with van der Waals surface area (Å²) >= 11 is 0. The molecule has 1 amide bonds. The number of hydrogen-bond donors (Lipinski definition) is 1. The quantitative estimate of drug-likeness (QED) is 0.590. The number of hydrogen-bond acceptors (Lipinski definition) is 2. The Bertz CT molecular complexity index is 310. The van der Waals surface area contributed by atoms with Gasteiger partial charge in [-0.15, -0.1) is 0 Å². The highest BCUT2D eigenvalue weighted by Crippen LogP contribution is 2.47. The van der Waals surface area contributed by atoms with Crippen molar-refractivity contribution in [2.75, 3.05) is 6.73 Å². The minimum absolute atomic E-state index is 0.104. The van der Waals surface area contributed by atoms with Crippen molar-refractivity contribution in [3.05, 3.63) is 11.6 Å². The molecular formula is C11H15NO2. The lowest BCUT2D eigenvalue weighted by atomic mass is 9.90. The van der Waals surface area contributed by atoms with Gasteiger partial charge in [0.25, 0.3) is 5.91 Å². The van der Waals surface area contributed by atoms with Gasteiger partial charge in [0.15, 0.2) is 5.60 Å². The average Bonchev–Trinajstić information content (AvgIpc) is 2.71. The fourth-order valence-corrected chi connectivity index (χ4v) is 3.00. The largest absolute Gasteiger partial charge is 0.345 e. The lowest BCUT2D eigenvalue weighted by molar-refractivity contribution is -0.131. The van der Waals surface area contributed by atoms with Crippen LogP contribution in [-0.2, 0) is 9.53 Å². The van der Waals surface area contributed by atoms with Crippen LogP contribution in [0, 0.1) is 5.92 Å². The number of ether oxygens (including phenoxy) is 1. The van der Waals surface area contributed by atoms with E-state index >= 15 is 0 Å². The van der Waals surface area contributed by atoms with Crippen molar-refractivity contribution in [3.8, 4) is 0 Å². The minimum atomic E-state index is -0.485. The number of fused-ring (bicyclic) bond motifs is 1. The topological polar surface area (TPSA) is 38.3 Å². The van der Waals surface area contributed by atoms with Crippen molar-refractivity contribution in [1.82, 2.24) is 5.32 Å². The molecular weight excluding hydrogens is 178 g/mol. The molecule has 1 N–H and O–H groups in total. The summed E-state index contributed by atoms with van der Waals surface area (Å²) < 4.78 is 5.60. The van der Waals surface area contributed by atoms with E-state index in [2.05, 4.69) is 11.4 Å². The SMILES string of the molecule is O=C1NCOC12CC1=CCCCC1C2. The number of carbonyl (C=O) groups is 1. The summed E-state index contributed by atoms with van der Waals surface area (Å²) in [6, 6.07) is 0. The van der Waals surface area contributed by atoms with E-state index in [0.29, 0.717) is 12.6 Å². The van der Waals surface area contributed by atoms with Gasteiger partial charge in [-0.3, -0.25) is 4.79 Å². The first-order valence-corrected chi connectivity index (χ1v) is 5.41. The van der Waals surface area contributed by atoms with E-state index in [1.807, 2.05) is 0 Å². The molecule has 2 aliphatic carbocycles. The van der Waals surface area contributed by atoms with E-state index in [4.69, 9.17) is 4.74 Å². The Hall–Kier alpha value is -0.830. The molecule has 2 fully saturated rings. The van der Waals surface area contributed by atoms with Crippen molar-refractivity contribution < 1.29 is 9.53 Å². The van der Waals surface area contributed by atoms with Gasteiger partial charge in [0.2, 0.25) is 0 Å². The maximum Gasteiger partial charge on any atom is 0.254 e. The molecule has 2 atom stereocenters. The number of allylic oxidation sites excluding steroid dienone is 1. The average molecular weight is 193 g/mol. The normalized spacial score (nSPS) is 41.0. The van der Waals surface area contributed by atoms with E-state index in [-0.39, 0.29) is 5.91 Å². The predicted octanol–water partition coefficient (Wildman–Crippen LogP) is 1.35. The van der Waals surface area contributed by atoms with E-state index in [9.17, 15) is 4.79 Å². The molecule has 3 rings (SSSR count). The Morgan fingerprint density at radius 3 is 3.21 bits per heavy atom. The number of nitrogens with one attached hydrogen (secondary N) is 1. The summed E-state index contributed by atoms with van der Waals surface area (Å²) in [5, 5.41) is 2.77. The van der Waals surface area contributed by atoms with Gasteiger partial charge in [-0.05, 0) is 31.6 Å². The molecule has 1 aliphatic heterocycles. The van der Waals surface area contributed by atoms with Gasteiger partial charge >= 0.3 is 0 Å². The molecule has 0 radical (unpaired) electrons. The van der Waals surface area contributed by atoms with Gasteiger partial charge in [0.1, 0.15) is 6.73 Å². The number of carbonyl (C=O) groups excluding carboxylic acids is 1. The molecule has 76 valence electrons. The van der Waals surface area contributed by atoms with Crippen LogP contribution in [0.15, 0.2) is 11.6 Å². The molecule has 14 heavy (non-hydrogen) atoms. The van der Waals surface area contributed by atoms with Gasteiger partial charge in [-0.2, -0.15) is 0 Å². The van der Waals surface area contributed by atoms with Crippen molar-refractivity contribution >= 4 is 5.91 Å². The molecule has 1 saturated heterocycles. The Kier molecular flexibility index (Phi) is 1.71. The summed E-state index contributed by atoms with van der Waals surface area (Å²) in [6.07, 6.45) is 7.76. The molecule has 0 aromatic rings. The molecule has 0 bridgehead atoms. The summed E-state index contributed by atoms with van der Waals surface area (Å²) in [5.74, 6) is 0.723. The number of rotatable bonds is 0. The molecule has 0 aromatic heterocycles. The van der Waals surface area contributed by atoms with E-state index in [1.165, 1.54) is 24.8 Å². The van der Waals surface area contributed by atoms with Crippen molar-refractivity contribution in [2.45, 2.75) is 37.7 Å². The first-order valence-electron chi connectivity index (χ1n) is 5.41. The summed E-state index contributed by atoms with van der Waals surface area (Å²) in [5.41, 5.74) is 0.981. The van der Waals surface area contributed by atoms with Gasteiger partial charge in [0.05, 0.1) is 0 Å². The maximum atomic E-state index is 11.7. The first-order chi connectivity index (χ1) is 6.80. The van der Waals surface area contributed by atoms with Gasteiger partial charge < -0.3 is 10.1 Å².